The summed E-state index contributed by atoms with van der Waals surface area (Å²) in [6.07, 6.45) is 3.03. The van der Waals surface area contributed by atoms with E-state index in [2.05, 4.69) is 11.9 Å². The first-order valence-corrected chi connectivity index (χ1v) is 7.46. The highest BCUT2D eigenvalue weighted by atomic mass is 35.5. The molecule has 0 fully saturated rings. The van der Waals surface area contributed by atoms with E-state index in [9.17, 15) is 0 Å². The second-order valence-corrected chi connectivity index (χ2v) is 5.53. The van der Waals surface area contributed by atoms with Gasteiger partial charge in [0, 0.05) is 13.2 Å². The highest BCUT2D eigenvalue weighted by Gasteiger charge is 2.17. The van der Waals surface area contributed by atoms with Crippen LogP contribution in [-0.2, 0) is 6.54 Å². The van der Waals surface area contributed by atoms with E-state index in [0.717, 1.165) is 43.7 Å². The summed E-state index contributed by atoms with van der Waals surface area (Å²) in [6, 6.07) is 3.95. The third-order valence-electron chi connectivity index (χ3n) is 3.31. The van der Waals surface area contributed by atoms with Gasteiger partial charge in [0.25, 0.3) is 0 Å². The number of aliphatic hydroxyl groups is 1. The van der Waals surface area contributed by atoms with Crippen molar-refractivity contribution in [3.63, 3.8) is 0 Å². The summed E-state index contributed by atoms with van der Waals surface area (Å²) >= 11 is 6.23. The molecule has 20 heavy (non-hydrogen) atoms. The molecule has 0 unspecified atom stereocenters. The molecule has 0 aromatic heterocycles. The van der Waals surface area contributed by atoms with Gasteiger partial charge < -0.3 is 19.5 Å². The molecule has 4 nitrogen and oxygen atoms in total. The Balaban J connectivity index is 1.90. The molecule has 0 amide bonds. The first-order valence-electron chi connectivity index (χ1n) is 7.08. The zero-order valence-corrected chi connectivity index (χ0v) is 12.7. The molecule has 1 aliphatic heterocycles. The van der Waals surface area contributed by atoms with E-state index in [0.29, 0.717) is 24.0 Å². The van der Waals surface area contributed by atoms with Crippen LogP contribution in [0, 0.1) is 0 Å². The highest BCUT2D eigenvalue weighted by Crippen LogP contribution is 2.38. The van der Waals surface area contributed by atoms with Crippen LogP contribution in [0.1, 0.15) is 24.8 Å². The maximum Gasteiger partial charge on any atom is 0.179 e. The van der Waals surface area contributed by atoms with Crippen LogP contribution >= 0.6 is 11.6 Å². The van der Waals surface area contributed by atoms with Gasteiger partial charge in [-0.15, -0.1) is 0 Å². The summed E-state index contributed by atoms with van der Waals surface area (Å²) in [7, 11) is 2.09. The normalized spacial score (nSPS) is 13.8. The lowest BCUT2D eigenvalue weighted by Gasteiger charge is -2.22. The minimum absolute atomic E-state index is 0.279. The van der Waals surface area contributed by atoms with Crippen molar-refractivity contribution < 1.29 is 14.6 Å². The van der Waals surface area contributed by atoms with E-state index in [1.54, 1.807) is 0 Å². The molecule has 0 spiro atoms. The maximum atomic E-state index is 8.76. The lowest BCUT2D eigenvalue weighted by Crippen LogP contribution is -2.20. The monoisotopic (exact) mass is 299 g/mol. The second-order valence-electron chi connectivity index (χ2n) is 5.12. The van der Waals surface area contributed by atoms with Crippen LogP contribution in [0.2, 0.25) is 5.02 Å². The lowest BCUT2D eigenvalue weighted by atomic mass is 10.1. The Morgan fingerprint density at radius 1 is 1.20 bits per heavy atom. The third kappa shape index (κ3) is 4.27. The molecule has 0 aliphatic carbocycles. The fourth-order valence-electron chi connectivity index (χ4n) is 2.32. The van der Waals surface area contributed by atoms with E-state index in [-0.39, 0.29) is 6.61 Å². The number of rotatable bonds is 7. The van der Waals surface area contributed by atoms with Gasteiger partial charge in [0.05, 0.1) is 5.02 Å². The van der Waals surface area contributed by atoms with Crippen molar-refractivity contribution in [3.8, 4) is 11.5 Å². The predicted molar refractivity (Wildman–Crippen MR) is 79.7 cm³/mol. The molecule has 1 aromatic carbocycles. The van der Waals surface area contributed by atoms with Crippen molar-refractivity contribution in [2.75, 3.05) is 33.4 Å². The van der Waals surface area contributed by atoms with Crippen LogP contribution in [0.4, 0.5) is 0 Å². The number of benzene rings is 1. The van der Waals surface area contributed by atoms with Crippen LogP contribution in [0.3, 0.4) is 0 Å². The largest absolute Gasteiger partial charge is 0.486 e. The van der Waals surface area contributed by atoms with Gasteiger partial charge in [-0.1, -0.05) is 11.6 Å². The van der Waals surface area contributed by atoms with Crippen LogP contribution < -0.4 is 9.47 Å². The Hall–Kier alpha value is -0.970. The van der Waals surface area contributed by atoms with E-state index < -0.39 is 0 Å². The van der Waals surface area contributed by atoms with Crippen molar-refractivity contribution in [1.29, 1.82) is 0 Å². The Labute approximate surface area is 125 Å². The minimum atomic E-state index is 0.279. The molecule has 0 radical (unpaired) electrons. The number of unbranched alkanes of at least 4 members (excludes halogenated alkanes) is 2. The Morgan fingerprint density at radius 3 is 2.80 bits per heavy atom. The molecule has 1 aromatic rings. The summed E-state index contributed by atoms with van der Waals surface area (Å²) in [4.78, 5) is 2.25. The standard InChI is InChI=1S/C15H22ClNO3/c1-17(5-3-2-4-6-18)11-12-9-13(16)15-14(10-12)19-7-8-20-15/h9-10,18H,2-8,11H2,1H3. The molecule has 0 bridgehead atoms. The van der Waals surface area contributed by atoms with Gasteiger partial charge in [-0.3, -0.25) is 0 Å². The number of fused-ring (bicyclic) bond motifs is 1. The molecule has 0 atom stereocenters. The Morgan fingerprint density at radius 2 is 2.00 bits per heavy atom. The fraction of sp³-hybridized carbons (Fsp3) is 0.600. The fourth-order valence-corrected chi connectivity index (χ4v) is 2.60. The molecule has 2 rings (SSSR count). The Bertz CT molecular complexity index is 439. The van der Waals surface area contributed by atoms with Gasteiger partial charge in [0.2, 0.25) is 0 Å². The summed E-state index contributed by atoms with van der Waals surface area (Å²) in [5.74, 6) is 1.40. The van der Waals surface area contributed by atoms with E-state index in [1.165, 1.54) is 0 Å². The van der Waals surface area contributed by atoms with Gasteiger partial charge in [0.1, 0.15) is 13.2 Å². The van der Waals surface area contributed by atoms with Crippen LogP contribution in [0.15, 0.2) is 12.1 Å². The van der Waals surface area contributed by atoms with E-state index in [4.69, 9.17) is 26.2 Å². The van der Waals surface area contributed by atoms with Crippen LogP contribution in [-0.4, -0.2) is 43.4 Å². The number of ether oxygens (including phenoxy) is 2. The summed E-state index contributed by atoms with van der Waals surface area (Å²) in [5, 5.41) is 9.37. The van der Waals surface area contributed by atoms with Gasteiger partial charge in [-0.05, 0) is 50.6 Å². The maximum absolute atomic E-state index is 8.76. The number of hydrogen-bond donors (Lipinski definition) is 1. The quantitative estimate of drug-likeness (QED) is 0.786. The molecule has 0 saturated heterocycles. The number of hydrogen-bond acceptors (Lipinski definition) is 4. The van der Waals surface area contributed by atoms with Crippen molar-refractivity contribution in [2.24, 2.45) is 0 Å². The number of aliphatic hydroxyl groups excluding tert-OH is 1. The lowest BCUT2D eigenvalue weighted by molar-refractivity contribution is 0.171. The Kier molecular flexibility index (Phi) is 5.95. The van der Waals surface area contributed by atoms with Crippen molar-refractivity contribution >= 4 is 11.6 Å². The van der Waals surface area contributed by atoms with Crippen LogP contribution in [0.25, 0.3) is 0 Å². The molecule has 112 valence electrons. The zero-order valence-electron chi connectivity index (χ0n) is 11.9. The molecule has 1 heterocycles. The number of nitrogens with zero attached hydrogens (tertiary/aromatic N) is 1. The smallest absolute Gasteiger partial charge is 0.179 e. The average molecular weight is 300 g/mol. The van der Waals surface area contributed by atoms with Gasteiger partial charge in [-0.2, -0.15) is 0 Å². The van der Waals surface area contributed by atoms with Crippen molar-refractivity contribution in [3.05, 3.63) is 22.7 Å². The minimum Gasteiger partial charge on any atom is -0.486 e. The van der Waals surface area contributed by atoms with Gasteiger partial charge >= 0.3 is 0 Å². The first kappa shape index (κ1) is 15.4. The topological polar surface area (TPSA) is 41.9 Å². The molecule has 1 N–H and O–H groups in total. The molecule has 0 saturated carbocycles. The van der Waals surface area contributed by atoms with Gasteiger partial charge in [0.15, 0.2) is 11.5 Å². The van der Waals surface area contributed by atoms with Crippen molar-refractivity contribution in [1.82, 2.24) is 4.90 Å². The predicted octanol–water partition coefficient (Wildman–Crippen LogP) is 2.71. The second kappa shape index (κ2) is 7.72. The first-order chi connectivity index (χ1) is 9.70. The zero-order chi connectivity index (χ0) is 14.4. The third-order valence-corrected chi connectivity index (χ3v) is 3.59. The van der Waals surface area contributed by atoms with Gasteiger partial charge in [-0.25, -0.2) is 0 Å². The molecule has 1 aliphatic rings. The number of halogens is 1. The SMILES string of the molecule is CN(CCCCCO)Cc1cc(Cl)c2c(c1)OCCO2. The van der Waals surface area contributed by atoms with Crippen LogP contribution in [0.5, 0.6) is 11.5 Å². The average Bonchev–Trinajstić information content (AvgIpc) is 2.44. The summed E-state index contributed by atoms with van der Waals surface area (Å²) in [5.41, 5.74) is 1.13. The van der Waals surface area contributed by atoms with E-state index >= 15 is 0 Å². The van der Waals surface area contributed by atoms with Crippen molar-refractivity contribution in [2.45, 2.75) is 25.8 Å². The highest BCUT2D eigenvalue weighted by molar-refractivity contribution is 6.32. The van der Waals surface area contributed by atoms with E-state index in [1.807, 2.05) is 12.1 Å². The molecular formula is C15H22ClNO3. The molecule has 5 heteroatoms. The molecular weight excluding hydrogens is 278 g/mol. The summed E-state index contributed by atoms with van der Waals surface area (Å²) in [6.45, 7) is 3.24. The summed E-state index contributed by atoms with van der Waals surface area (Å²) < 4.78 is 11.1.